The molecule has 2 rings (SSSR count). The molecule has 6 heteroatoms. The van der Waals surface area contributed by atoms with Crippen molar-refractivity contribution in [2.45, 2.75) is 44.1 Å². The summed E-state index contributed by atoms with van der Waals surface area (Å²) in [6, 6.07) is 3.36. The lowest BCUT2D eigenvalue weighted by atomic mass is 9.70. The van der Waals surface area contributed by atoms with Crippen LogP contribution in [0.2, 0.25) is 0 Å². The molecule has 23 heavy (non-hydrogen) atoms. The predicted molar refractivity (Wildman–Crippen MR) is 83.2 cm³/mol. The summed E-state index contributed by atoms with van der Waals surface area (Å²) in [7, 11) is 3.01. The first kappa shape index (κ1) is 17.4. The van der Waals surface area contributed by atoms with Gasteiger partial charge in [-0.25, -0.2) is 4.79 Å². The molecule has 1 saturated carbocycles. The fraction of sp³-hybridized carbons (Fsp3) is 0.588. The van der Waals surface area contributed by atoms with Gasteiger partial charge in [-0.3, -0.25) is 9.78 Å². The van der Waals surface area contributed by atoms with E-state index in [0.29, 0.717) is 30.7 Å². The molecule has 0 aliphatic heterocycles. The predicted octanol–water partition coefficient (Wildman–Crippen LogP) is 2.26. The normalized spacial score (nSPS) is 24.0. The Balaban J connectivity index is 2.30. The summed E-state index contributed by atoms with van der Waals surface area (Å²) >= 11 is 0. The van der Waals surface area contributed by atoms with Gasteiger partial charge >= 0.3 is 11.9 Å². The van der Waals surface area contributed by atoms with Gasteiger partial charge in [0, 0.05) is 13.3 Å². The lowest BCUT2D eigenvalue weighted by Crippen LogP contribution is -2.43. The number of methoxy groups -OCH3 is 2. The van der Waals surface area contributed by atoms with E-state index in [9.17, 15) is 9.59 Å². The van der Waals surface area contributed by atoms with Gasteiger partial charge in [0.1, 0.15) is 5.41 Å². The van der Waals surface area contributed by atoms with Crippen molar-refractivity contribution in [3.05, 3.63) is 29.6 Å². The summed E-state index contributed by atoms with van der Waals surface area (Å²) in [5.41, 5.74) is 0.235. The average Bonchev–Trinajstić information content (AvgIpc) is 2.61. The number of hydrogen-bond donors (Lipinski definition) is 0. The standard InChI is InChI=1S/C17H23NO5/c1-4-23-16(20)17(9-7-13(21-2)8-10-17)14-6-5-12(11-18-14)15(19)22-3/h5-6,11,13H,4,7-10H2,1-3H3. The van der Waals surface area contributed by atoms with Gasteiger partial charge < -0.3 is 14.2 Å². The van der Waals surface area contributed by atoms with E-state index in [0.717, 1.165) is 12.8 Å². The number of pyridine rings is 1. The fourth-order valence-corrected chi connectivity index (χ4v) is 3.07. The second-order valence-electron chi connectivity index (χ2n) is 5.66. The molecule has 1 heterocycles. The van der Waals surface area contributed by atoms with E-state index in [1.807, 2.05) is 0 Å². The molecule has 0 N–H and O–H groups in total. The van der Waals surface area contributed by atoms with E-state index in [-0.39, 0.29) is 12.1 Å². The fourth-order valence-electron chi connectivity index (χ4n) is 3.07. The lowest BCUT2D eigenvalue weighted by Gasteiger charge is -2.37. The van der Waals surface area contributed by atoms with E-state index in [1.54, 1.807) is 26.2 Å². The van der Waals surface area contributed by atoms with Gasteiger partial charge in [0.15, 0.2) is 0 Å². The molecular formula is C17H23NO5. The Bertz CT molecular complexity index is 547. The molecule has 0 spiro atoms. The molecule has 0 radical (unpaired) electrons. The minimum Gasteiger partial charge on any atom is -0.465 e. The maximum atomic E-state index is 12.6. The summed E-state index contributed by atoms with van der Waals surface area (Å²) in [4.78, 5) is 28.5. The van der Waals surface area contributed by atoms with Crippen LogP contribution in [0.5, 0.6) is 0 Å². The van der Waals surface area contributed by atoms with Crippen LogP contribution in [0.25, 0.3) is 0 Å². The van der Waals surface area contributed by atoms with Crippen LogP contribution in [0, 0.1) is 0 Å². The Kier molecular flexibility index (Phi) is 5.71. The Morgan fingerprint density at radius 3 is 2.43 bits per heavy atom. The molecule has 0 bridgehead atoms. The highest BCUT2D eigenvalue weighted by Crippen LogP contribution is 2.40. The zero-order valence-electron chi connectivity index (χ0n) is 13.8. The molecule has 1 aromatic rings. The smallest absolute Gasteiger partial charge is 0.339 e. The summed E-state index contributed by atoms with van der Waals surface area (Å²) < 4.78 is 15.4. The van der Waals surface area contributed by atoms with Crippen molar-refractivity contribution in [3.8, 4) is 0 Å². The van der Waals surface area contributed by atoms with Gasteiger partial charge in [-0.2, -0.15) is 0 Å². The number of hydrogen-bond acceptors (Lipinski definition) is 6. The highest BCUT2D eigenvalue weighted by molar-refractivity contribution is 5.89. The molecule has 1 fully saturated rings. The van der Waals surface area contributed by atoms with E-state index >= 15 is 0 Å². The van der Waals surface area contributed by atoms with Gasteiger partial charge in [-0.15, -0.1) is 0 Å². The lowest BCUT2D eigenvalue weighted by molar-refractivity contribution is -0.153. The second-order valence-corrected chi connectivity index (χ2v) is 5.66. The van der Waals surface area contributed by atoms with Crippen LogP contribution in [0.4, 0.5) is 0 Å². The Morgan fingerprint density at radius 1 is 1.26 bits per heavy atom. The minimum atomic E-state index is -0.764. The van der Waals surface area contributed by atoms with Crippen LogP contribution in [-0.2, 0) is 24.4 Å². The van der Waals surface area contributed by atoms with Gasteiger partial charge in [0.25, 0.3) is 0 Å². The monoisotopic (exact) mass is 321 g/mol. The zero-order chi connectivity index (χ0) is 16.9. The van der Waals surface area contributed by atoms with Gasteiger partial charge in [-0.1, -0.05) is 0 Å². The van der Waals surface area contributed by atoms with Crippen molar-refractivity contribution in [1.82, 2.24) is 4.98 Å². The molecule has 0 saturated heterocycles. The van der Waals surface area contributed by atoms with E-state index in [4.69, 9.17) is 9.47 Å². The van der Waals surface area contributed by atoms with Gasteiger partial charge in [0.2, 0.25) is 0 Å². The van der Waals surface area contributed by atoms with Crippen LogP contribution in [0.15, 0.2) is 18.3 Å². The summed E-state index contributed by atoms with van der Waals surface area (Å²) in [5, 5.41) is 0. The number of carbonyl (C=O) groups is 2. The molecule has 0 atom stereocenters. The third kappa shape index (κ3) is 3.52. The molecular weight excluding hydrogens is 298 g/mol. The molecule has 0 unspecified atom stereocenters. The molecule has 6 nitrogen and oxygen atoms in total. The molecule has 0 aromatic carbocycles. The Labute approximate surface area is 136 Å². The maximum absolute atomic E-state index is 12.6. The largest absolute Gasteiger partial charge is 0.465 e. The number of aromatic nitrogens is 1. The van der Waals surface area contributed by atoms with Crippen LogP contribution >= 0.6 is 0 Å². The average molecular weight is 321 g/mol. The first-order chi connectivity index (χ1) is 11.1. The Hall–Kier alpha value is -1.95. The van der Waals surface area contributed by atoms with Crippen LogP contribution in [-0.4, -0.2) is 43.9 Å². The van der Waals surface area contributed by atoms with Crippen molar-refractivity contribution in [2.75, 3.05) is 20.8 Å². The third-order valence-electron chi connectivity index (χ3n) is 4.46. The Morgan fingerprint density at radius 2 is 1.96 bits per heavy atom. The summed E-state index contributed by atoms with van der Waals surface area (Å²) in [5.74, 6) is -0.704. The second kappa shape index (κ2) is 7.55. The van der Waals surface area contributed by atoms with Crippen molar-refractivity contribution in [3.63, 3.8) is 0 Å². The highest BCUT2D eigenvalue weighted by Gasteiger charge is 2.45. The van der Waals surface area contributed by atoms with Crippen LogP contribution < -0.4 is 0 Å². The number of esters is 2. The van der Waals surface area contributed by atoms with Crippen LogP contribution in [0.1, 0.15) is 48.7 Å². The first-order valence-corrected chi connectivity index (χ1v) is 7.82. The molecule has 1 aliphatic carbocycles. The van der Waals surface area contributed by atoms with Crippen molar-refractivity contribution in [1.29, 1.82) is 0 Å². The van der Waals surface area contributed by atoms with E-state index in [2.05, 4.69) is 9.72 Å². The van der Waals surface area contributed by atoms with Crippen LogP contribution in [0.3, 0.4) is 0 Å². The number of ether oxygens (including phenoxy) is 3. The van der Waals surface area contributed by atoms with E-state index in [1.165, 1.54) is 13.3 Å². The molecule has 0 amide bonds. The van der Waals surface area contributed by atoms with Gasteiger partial charge in [0.05, 0.1) is 31.1 Å². The first-order valence-electron chi connectivity index (χ1n) is 7.82. The van der Waals surface area contributed by atoms with Crippen molar-refractivity contribution >= 4 is 11.9 Å². The molecule has 1 aromatic heterocycles. The highest BCUT2D eigenvalue weighted by atomic mass is 16.5. The summed E-state index contributed by atoms with van der Waals surface area (Å²) in [6.45, 7) is 2.12. The maximum Gasteiger partial charge on any atom is 0.339 e. The summed E-state index contributed by atoms with van der Waals surface area (Å²) in [6.07, 6.45) is 4.40. The van der Waals surface area contributed by atoms with Gasteiger partial charge in [-0.05, 0) is 44.7 Å². The SMILES string of the molecule is CCOC(=O)C1(c2ccc(C(=O)OC)cn2)CCC(OC)CC1. The topological polar surface area (TPSA) is 74.7 Å². The number of rotatable bonds is 5. The zero-order valence-corrected chi connectivity index (χ0v) is 13.8. The van der Waals surface area contributed by atoms with E-state index < -0.39 is 11.4 Å². The number of carbonyl (C=O) groups excluding carboxylic acids is 2. The molecule has 1 aliphatic rings. The van der Waals surface area contributed by atoms with Crippen molar-refractivity contribution in [2.24, 2.45) is 0 Å². The number of nitrogens with zero attached hydrogens (tertiary/aromatic N) is 1. The third-order valence-corrected chi connectivity index (χ3v) is 4.46. The minimum absolute atomic E-state index is 0.159. The quantitative estimate of drug-likeness (QED) is 0.774. The molecule has 126 valence electrons. The van der Waals surface area contributed by atoms with Crippen molar-refractivity contribution < 1.29 is 23.8 Å².